The summed E-state index contributed by atoms with van der Waals surface area (Å²) in [6.07, 6.45) is 1.37. The summed E-state index contributed by atoms with van der Waals surface area (Å²) in [6.45, 7) is 0.0717. The topological polar surface area (TPSA) is 158 Å². The highest BCUT2D eigenvalue weighted by molar-refractivity contribution is 5.94. The lowest BCUT2D eigenvalue weighted by molar-refractivity contribution is -0.389. The number of hydrogen-bond acceptors (Lipinski definition) is 8. The predicted molar refractivity (Wildman–Crippen MR) is 93.3 cm³/mol. The summed E-state index contributed by atoms with van der Waals surface area (Å²) in [5.41, 5.74) is -0.0979. The van der Waals surface area contributed by atoms with Gasteiger partial charge in [-0.15, -0.1) is 0 Å². The van der Waals surface area contributed by atoms with Crippen molar-refractivity contribution < 1.29 is 23.4 Å². The molecule has 0 saturated carbocycles. The molecule has 2 N–H and O–H groups in total. The van der Waals surface area contributed by atoms with Gasteiger partial charge < -0.3 is 25.3 Å². The minimum absolute atomic E-state index is 0.0245. The van der Waals surface area contributed by atoms with Gasteiger partial charge in [-0.3, -0.25) is 9.59 Å². The van der Waals surface area contributed by atoms with E-state index in [0.717, 1.165) is 0 Å². The monoisotopic (exact) mass is 403 g/mol. The fourth-order valence-electron chi connectivity index (χ4n) is 2.26. The predicted octanol–water partition coefficient (Wildman–Crippen LogP) is 0.521. The van der Waals surface area contributed by atoms with Gasteiger partial charge >= 0.3 is 17.6 Å². The van der Waals surface area contributed by atoms with Crippen LogP contribution in [0.3, 0.4) is 0 Å². The minimum Gasteiger partial charge on any atom is -0.358 e. The first-order valence-corrected chi connectivity index (χ1v) is 8.25. The Morgan fingerprint density at radius 1 is 1.17 bits per heavy atom. The molecule has 0 fully saturated rings. The zero-order valence-electron chi connectivity index (χ0n) is 14.7. The second-order valence-electron chi connectivity index (χ2n) is 5.64. The van der Waals surface area contributed by atoms with Gasteiger partial charge in [-0.25, -0.2) is 4.39 Å². The Morgan fingerprint density at radius 3 is 2.59 bits per heavy atom. The molecular weight excluding hydrogens is 389 g/mol. The van der Waals surface area contributed by atoms with Gasteiger partial charge in [-0.1, -0.05) is 17.3 Å². The quantitative estimate of drug-likeness (QED) is 0.313. The van der Waals surface area contributed by atoms with E-state index in [1.54, 1.807) is 0 Å². The van der Waals surface area contributed by atoms with Crippen LogP contribution < -0.4 is 10.6 Å². The average molecular weight is 403 g/mol. The van der Waals surface area contributed by atoms with E-state index in [4.69, 9.17) is 4.52 Å². The number of benzene rings is 1. The number of halogens is 1. The maximum absolute atomic E-state index is 13.5. The van der Waals surface area contributed by atoms with Gasteiger partial charge in [0.1, 0.15) is 12.4 Å². The molecule has 150 valence electrons. The Hall–Kier alpha value is -4.16. The maximum Gasteiger partial charge on any atom is 0.389 e. The van der Waals surface area contributed by atoms with E-state index in [-0.39, 0.29) is 42.7 Å². The van der Waals surface area contributed by atoms with Crippen LogP contribution in [-0.2, 0) is 6.54 Å². The summed E-state index contributed by atoms with van der Waals surface area (Å²) in [5.74, 6) is -2.47. The van der Waals surface area contributed by atoms with Crippen molar-refractivity contribution in [3.05, 3.63) is 69.7 Å². The Morgan fingerprint density at radius 2 is 1.90 bits per heavy atom. The molecule has 3 rings (SSSR count). The first-order chi connectivity index (χ1) is 13.9. The fourth-order valence-corrected chi connectivity index (χ4v) is 2.26. The molecule has 0 radical (unpaired) electrons. The molecule has 13 heteroatoms. The van der Waals surface area contributed by atoms with Gasteiger partial charge in [-0.2, -0.15) is 9.67 Å². The maximum atomic E-state index is 13.5. The lowest BCUT2D eigenvalue weighted by Crippen LogP contribution is -2.35. The number of aromatic nitrogens is 4. The molecule has 29 heavy (non-hydrogen) atoms. The van der Waals surface area contributed by atoms with Crippen molar-refractivity contribution in [2.75, 3.05) is 13.1 Å². The smallest absolute Gasteiger partial charge is 0.358 e. The third kappa shape index (κ3) is 4.97. The highest BCUT2D eigenvalue weighted by Crippen LogP contribution is 2.07. The third-order valence-corrected chi connectivity index (χ3v) is 3.59. The summed E-state index contributed by atoms with van der Waals surface area (Å²) in [6, 6.07) is 6.74. The van der Waals surface area contributed by atoms with Crippen LogP contribution in [0.5, 0.6) is 0 Å². The van der Waals surface area contributed by atoms with E-state index in [1.165, 1.54) is 41.2 Å². The zero-order valence-corrected chi connectivity index (χ0v) is 14.7. The molecule has 0 saturated heterocycles. The number of hydrogen-bond donors (Lipinski definition) is 2. The molecule has 0 bridgehead atoms. The fraction of sp³-hybridized carbons (Fsp3) is 0.188. The molecule has 3 aromatic rings. The van der Waals surface area contributed by atoms with Crippen molar-refractivity contribution in [3.8, 4) is 0 Å². The number of amides is 2. The Kier molecular flexibility index (Phi) is 5.87. The van der Waals surface area contributed by atoms with E-state index >= 15 is 0 Å². The van der Waals surface area contributed by atoms with E-state index < -0.39 is 22.6 Å². The van der Waals surface area contributed by atoms with Gasteiger partial charge in [0.05, 0.1) is 22.9 Å². The Labute approximate surface area is 161 Å². The van der Waals surface area contributed by atoms with Crippen molar-refractivity contribution in [2.24, 2.45) is 0 Å². The van der Waals surface area contributed by atoms with Crippen molar-refractivity contribution in [2.45, 2.75) is 6.54 Å². The highest BCUT2D eigenvalue weighted by Gasteiger charge is 2.18. The number of carbonyl (C=O) groups is 2. The van der Waals surface area contributed by atoms with Gasteiger partial charge in [0.15, 0.2) is 5.82 Å². The van der Waals surface area contributed by atoms with Crippen molar-refractivity contribution in [1.29, 1.82) is 0 Å². The molecule has 12 nitrogen and oxygen atoms in total. The summed E-state index contributed by atoms with van der Waals surface area (Å²) >= 11 is 0. The summed E-state index contributed by atoms with van der Waals surface area (Å²) in [4.78, 5) is 37.7. The van der Waals surface area contributed by atoms with Crippen LogP contribution in [0.2, 0.25) is 0 Å². The largest absolute Gasteiger partial charge is 0.389 e. The minimum atomic E-state index is -0.671. The molecular formula is C16H14FN7O5. The van der Waals surface area contributed by atoms with Crippen molar-refractivity contribution in [3.63, 3.8) is 0 Å². The first kappa shape index (κ1) is 19.6. The Bertz CT molecular complexity index is 1050. The summed E-state index contributed by atoms with van der Waals surface area (Å²) in [7, 11) is 0. The highest BCUT2D eigenvalue weighted by atomic mass is 19.1. The lowest BCUT2D eigenvalue weighted by Gasteiger charge is -2.06. The standard InChI is InChI=1S/C16H14FN7O5/c17-11-4-2-1-3-10(11)14(25)18-6-7-19-15(26)16-20-12(22-29-16)9-23-8-5-13(21-23)24(27)28/h1-5,8H,6-7,9H2,(H,18,25)(H,19,26). The average Bonchev–Trinajstić information content (AvgIpc) is 3.35. The SMILES string of the molecule is O=C(NCCNC(=O)c1ccccc1F)c1nc(Cn2ccc([N+](=O)[O-])n2)no1. The first-order valence-electron chi connectivity index (χ1n) is 8.25. The van der Waals surface area contributed by atoms with Gasteiger partial charge in [0, 0.05) is 13.1 Å². The number of nitrogens with one attached hydrogen (secondary N) is 2. The van der Waals surface area contributed by atoms with Crippen LogP contribution in [-0.4, -0.2) is 49.7 Å². The van der Waals surface area contributed by atoms with Gasteiger partial charge in [0.2, 0.25) is 0 Å². The lowest BCUT2D eigenvalue weighted by atomic mass is 10.2. The van der Waals surface area contributed by atoms with E-state index in [2.05, 4.69) is 25.9 Å². The van der Waals surface area contributed by atoms with Crippen LogP contribution >= 0.6 is 0 Å². The van der Waals surface area contributed by atoms with Gasteiger partial charge in [-0.05, 0) is 17.1 Å². The van der Waals surface area contributed by atoms with Gasteiger partial charge in [0.25, 0.3) is 5.91 Å². The van der Waals surface area contributed by atoms with Crippen LogP contribution in [0.1, 0.15) is 26.9 Å². The Balaban J connectivity index is 1.46. The van der Waals surface area contributed by atoms with E-state index in [9.17, 15) is 24.1 Å². The molecule has 2 heterocycles. The molecule has 0 atom stereocenters. The molecule has 0 unspecified atom stereocenters. The van der Waals surface area contributed by atoms with Crippen LogP contribution in [0, 0.1) is 15.9 Å². The summed E-state index contributed by atoms with van der Waals surface area (Å²) < 4.78 is 19.6. The van der Waals surface area contributed by atoms with Crippen LogP contribution in [0.15, 0.2) is 41.1 Å². The second kappa shape index (κ2) is 8.69. The molecule has 2 amide bonds. The number of carbonyl (C=O) groups excluding carboxylic acids is 2. The summed E-state index contributed by atoms with van der Waals surface area (Å²) in [5, 5.41) is 22.8. The second-order valence-corrected chi connectivity index (χ2v) is 5.64. The number of rotatable bonds is 8. The molecule has 0 aliphatic heterocycles. The molecule has 0 aliphatic rings. The number of nitro groups is 1. The number of nitrogens with zero attached hydrogens (tertiary/aromatic N) is 5. The van der Waals surface area contributed by atoms with E-state index in [1.807, 2.05) is 0 Å². The molecule has 2 aromatic heterocycles. The van der Waals surface area contributed by atoms with Crippen molar-refractivity contribution in [1.82, 2.24) is 30.6 Å². The van der Waals surface area contributed by atoms with Crippen molar-refractivity contribution >= 4 is 17.6 Å². The normalized spacial score (nSPS) is 10.5. The molecule has 0 spiro atoms. The third-order valence-electron chi connectivity index (χ3n) is 3.59. The molecule has 1 aromatic carbocycles. The van der Waals surface area contributed by atoms with Crippen LogP contribution in [0.25, 0.3) is 0 Å². The van der Waals surface area contributed by atoms with Crippen LogP contribution in [0.4, 0.5) is 10.2 Å². The molecule has 0 aliphatic carbocycles. The zero-order chi connectivity index (χ0) is 20.8. The van der Waals surface area contributed by atoms with E-state index in [0.29, 0.717) is 0 Å².